The van der Waals surface area contributed by atoms with E-state index in [1.165, 1.54) is 6.07 Å². The summed E-state index contributed by atoms with van der Waals surface area (Å²) in [6.07, 6.45) is 5.49. The molecule has 0 atom stereocenters. The van der Waals surface area contributed by atoms with Crippen LogP contribution in [-0.2, 0) is 24.1 Å². The van der Waals surface area contributed by atoms with Crippen molar-refractivity contribution in [3.63, 3.8) is 0 Å². The molecule has 4 nitrogen and oxygen atoms in total. The summed E-state index contributed by atoms with van der Waals surface area (Å²) in [6.45, 7) is 2.15. The van der Waals surface area contributed by atoms with Gasteiger partial charge < -0.3 is 0 Å². The van der Waals surface area contributed by atoms with Crippen molar-refractivity contribution in [2.45, 2.75) is 39.0 Å². The van der Waals surface area contributed by atoms with Gasteiger partial charge in [0.25, 0.3) is 0 Å². The zero-order valence-electron chi connectivity index (χ0n) is 14.9. The predicted molar refractivity (Wildman–Crippen MR) is 98.8 cm³/mol. The Bertz CT molecular complexity index is 871. The van der Waals surface area contributed by atoms with Crippen molar-refractivity contribution in [2.75, 3.05) is 0 Å². The number of hydrogen-bond donors (Lipinski definition) is 0. The standard InChI is InChI=1S/C21H22FN3O/c1-2-3-7-18-15-25(24-23-18)19-11-9-16(10-12-19)13-20(26)14-17-6-4-5-8-21(17)22/h4-6,8-12,15H,2-3,7,13-14H2,1H3. The molecule has 1 aromatic heterocycles. The van der Waals surface area contributed by atoms with Crippen LogP contribution in [0.3, 0.4) is 0 Å². The molecule has 0 spiro atoms. The second kappa shape index (κ2) is 8.52. The minimum Gasteiger partial charge on any atom is -0.299 e. The maximum absolute atomic E-state index is 13.6. The Hall–Kier alpha value is -2.82. The number of benzene rings is 2. The fraction of sp³-hybridized carbons (Fsp3) is 0.286. The van der Waals surface area contributed by atoms with Gasteiger partial charge in [-0.15, -0.1) is 5.10 Å². The van der Waals surface area contributed by atoms with Gasteiger partial charge in [0.05, 0.1) is 17.6 Å². The molecule has 26 heavy (non-hydrogen) atoms. The minimum atomic E-state index is -0.332. The van der Waals surface area contributed by atoms with E-state index in [2.05, 4.69) is 17.2 Å². The Morgan fingerprint density at radius 2 is 1.85 bits per heavy atom. The Morgan fingerprint density at radius 3 is 2.58 bits per heavy atom. The molecule has 5 heteroatoms. The van der Waals surface area contributed by atoms with E-state index in [1.807, 2.05) is 30.5 Å². The van der Waals surface area contributed by atoms with Crippen molar-refractivity contribution in [3.05, 3.63) is 77.4 Å². The topological polar surface area (TPSA) is 47.8 Å². The lowest BCUT2D eigenvalue weighted by atomic mass is 10.0. The number of ketones is 1. The van der Waals surface area contributed by atoms with Crippen molar-refractivity contribution in [2.24, 2.45) is 0 Å². The van der Waals surface area contributed by atoms with Crippen LogP contribution in [0.1, 0.15) is 36.6 Å². The van der Waals surface area contributed by atoms with E-state index in [-0.39, 0.29) is 24.4 Å². The third-order valence-electron chi connectivity index (χ3n) is 4.27. The van der Waals surface area contributed by atoms with E-state index in [1.54, 1.807) is 22.9 Å². The fourth-order valence-electron chi connectivity index (χ4n) is 2.81. The van der Waals surface area contributed by atoms with Crippen molar-refractivity contribution in [3.8, 4) is 5.69 Å². The van der Waals surface area contributed by atoms with E-state index < -0.39 is 0 Å². The van der Waals surface area contributed by atoms with Crippen LogP contribution in [0, 0.1) is 5.82 Å². The molecule has 0 aliphatic carbocycles. The lowest BCUT2D eigenvalue weighted by Gasteiger charge is -2.05. The first-order valence-electron chi connectivity index (χ1n) is 8.91. The molecular weight excluding hydrogens is 329 g/mol. The summed E-state index contributed by atoms with van der Waals surface area (Å²) in [6, 6.07) is 14.0. The normalized spacial score (nSPS) is 10.8. The van der Waals surface area contributed by atoms with Crippen LogP contribution >= 0.6 is 0 Å². The molecule has 0 bridgehead atoms. The molecule has 3 rings (SSSR count). The zero-order valence-corrected chi connectivity index (χ0v) is 14.9. The van der Waals surface area contributed by atoms with Crippen LogP contribution in [0.5, 0.6) is 0 Å². The van der Waals surface area contributed by atoms with Crippen molar-refractivity contribution in [1.29, 1.82) is 0 Å². The third-order valence-corrected chi connectivity index (χ3v) is 4.27. The van der Waals surface area contributed by atoms with E-state index in [9.17, 15) is 9.18 Å². The number of nitrogens with zero attached hydrogens (tertiary/aromatic N) is 3. The summed E-state index contributed by atoms with van der Waals surface area (Å²) in [5.41, 5.74) is 3.24. The first-order valence-corrected chi connectivity index (χ1v) is 8.91. The average molecular weight is 351 g/mol. The molecule has 0 saturated heterocycles. The molecule has 0 amide bonds. The summed E-state index contributed by atoms with van der Waals surface area (Å²) in [7, 11) is 0. The van der Waals surface area contributed by atoms with Gasteiger partial charge in [-0.05, 0) is 42.2 Å². The lowest BCUT2D eigenvalue weighted by Crippen LogP contribution is -2.08. The smallest absolute Gasteiger partial charge is 0.141 e. The monoisotopic (exact) mass is 351 g/mol. The average Bonchev–Trinajstić information content (AvgIpc) is 3.11. The number of aromatic nitrogens is 3. The van der Waals surface area contributed by atoms with Gasteiger partial charge in [0, 0.05) is 12.8 Å². The third kappa shape index (κ3) is 4.63. The SMILES string of the molecule is CCCCc1cn(-c2ccc(CC(=O)Cc3ccccc3F)cc2)nn1. The molecule has 0 fully saturated rings. The number of halogens is 1. The highest BCUT2D eigenvalue weighted by molar-refractivity contribution is 5.83. The van der Waals surface area contributed by atoms with Gasteiger partial charge >= 0.3 is 0 Å². The molecule has 0 unspecified atom stereocenters. The Morgan fingerprint density at radius 1 is 1.08 bits per heavy atom. The summed E-state index contributed by atoms with van der Waals surface area (Å²) < 4.78 is 15.4. The van der Waals surface area contributed by atoms with Gasteiger partial charge in [0.2, 0.25) is 0 Å². The van der Waals surface area contributed by atoms with Crippen molar-refractivity contribution < 1.29 is 9.18 Å². The van der Waals surface area contributed by atoms with E-state index in [0.717, 1.165) is 36.2 Å². The Labute approximate surface area is 152 Å². The highest BCUT2D eigenvalue weighted by atomic mass is 19.1. The zero-order chi connectivity index (χ0) is 18.4. The van der Waals surface area contributed by atoms with Gasteiger partial charge in [-0.1, -0.05) is 48.9 Å². The molecule has 0 saturated carbocycles. The van der Waals surface area contributed by atoms with E-state index >= 15 is 0 Å². The molecule has 0 aliphatic heterocycles. The molecule has 0 aliphatic rings. The quantitative estimate of drug-likeness (QED) is 0.614. The van der Waals surface area contributed by atoms with E-state index in [0.29, 0.717) is 5.56 Å². The maximum atomic E-state index is 13.6. The van der Waals surface area contributed by atoms with Crippen LogP contribution in [0.25, 0.3) is 5.69 Å². The Balaban J connectivity index is 1.61. The first kappa shape index (κ1) is 18.0. The maximum Gasteiger partial charge on any atom is 0.141 e. The van der Waals surface area contributed by atoms with Crippen LogP contribution in [0.15, 0.2) is 54.7 Å². The van der Waals surface area contributed by atoms with Gasteiger partial charge in [-0.25, -0.2) is 9.07 Å². The number of unbranched alkanes of at least 4 members (excludes halogenated alkanes) is 1. The molecule has 0 radical (unpaired) electrons. The van der Waals surface area contributed by atoms with Gasteiger partial charge in [0.15, 0.2) is 0 Å². The summed E-state index contributed by atoms with van der Waals surface area (Å²) in [5, 5.41) is 8.33. The van der Waals surface area contributed by atoms with Crippen molar-refractivity contribution in [1.82, 2.24) is 15.0 Å². The number of carbonyl (C=O) groups is 1. The molecule has 0 N–H and O–H groups in total. The highest BCUT2D eigenvalue weighted by Gasteiger charge is 2.09. The summed E-state index contributed by atoms with van der Waals surface area (Å²) in [5.74, 6) is -0.341. The second-order valence-electron chi connectivity index (χ2n) is 6.41. The number of carbonyl (C=O) groups excluding carboxylic acids is 1. The van der Waals surface area contributed by atoms with Crippen LogP contribution in [0.2, 0.25) is 0 Å². The van der Waals surface area contributed by atoms with E-state index in [4.69, 9.17) is 0 Å². The highest BCUT2D eigenvalue weighted by Crippen LogP contribution is 2.13. The number of rotatable bonds is 8. The van der Waals surface area contributed by atoms with Gasteiger partial charge in [-0.2, -0.15) is 0 Å². The molecule has 3 aromatic rings. The predicted octanol–water partition coefficient (Wildman–Crippen LogP) is 4.10. The number of aryl methyl sites for hydroxylation is 1. The van der Waals surface area contributed by atoms with Crippen molar-refractivity contribution >= 4 is 5.78 Å². The minimum absolute atomic E-state index is 0.00884. The second-order valence-corrected chi connectivity index (χ2v) is 6.41. The van der Waals surface area contributed by atoms with Crippen LogP contribution < -0.4 is 0 Å². The molecular formula is C21H22FN3O. The molecule has 134 valence electrons. The lowest BCUT2D eigenvalue weighted by molar-refractivity contribution is -0.117. The first-order chi connectivity index (χ1) is 12.7. The molecule has 2 aromatic carbocycles. The largest absolute Gasteiger partial charge is 0.299 e. The number of hydrogen-bond acceptors (Lipinski definition) is 3. The van der Waals surface area contributed by atoms with Crippen LogP contribution in [-0.4, -0.2) is 20.8 Å². The van der Waals surface area contributed by atoms with Gasteiger partial charge in [-0.3, -0.25) is 4.79 Å². The van der Waals surface area contributed by atoms with Crippen LogP contribution in [0.4, 0.5) is 4.39 Å². The van der Waals surface area contributed by atoms with Gasteiger partial charge in [0.1, 0.15) is 11.6 Å². The summed E-state index contributed by atoms with van der Waals surface area (Å²) >= 11 is 0. The summed E-state index contributed by atoms with van der Waals surface area (Å²) in [4.78, 5) is 12.2. The molecule has 1 heterocycles. The number of Topliss-reactive ketones (excluding diaryl/α,β-unsaturated/α-hetero) is 1. The fourth-order valence-corrected chi connectivity index (χ4v) is 2.81. The Kier molecular flexibility index (Phi) is 5.89.